The van der Waals surface area contributed by atoms with E-state index in [-0.39, 0.29) is 6.61 Å². The lowest BCUT2D eigenvalue weighted by atomic mass is 9.96. The number of piperidine rings is 3. The second-order valence-electron chi connectivity index (χ2n) is 7.89. The Morgan fingerprint density at radius 3 is 2.11 bits per heavy atom. The van der Waals surface area contributed by atoms with Crippen molar-refractivity contribution >= 4 is 0 Å². The smallest absolute Gasteiger partial charge is 0.294 e. The molecule has 0 aliphatic carbocycles. The van der Waals surface area contributed by atoms with Crippen LogP contribution in [-0.2, 0) is 4.84 Å². The minimum atomic E-state index is -0.728. The fraction of sp³-hybridized carbons (Fsp3) is 1.00. The first-order chi connectivity index (χ1) is 13.2. The van der Waals surface area contributed by atoms with Gasteiger partial charge in [-0.05, 0) is 89.5 Å². The van der Waals surface area contributed by atoms with Crippen LogP contribution >= 0.6 is 0 Å². The number of hydrogen-bond donors (Lipinski definition) is 3. The van der Waals surface area contributed by atoms with Gasteiger partial charge in [-0.2, -0.15) is 0 Å². The second-order valence-corrected chi connectivity index (χ2v) is 7.89. The summed E-state index contributed by atoms with van der Waals surface area (Å²) >= 11 is 0. The maximum absolute atomic E-state index is 9.80. The SMILES string of the molecule is CCC1CCCCN1.CCC1CCNCC1.O=[N+]([O-])OCC1CCCNC1. The van der Waals surface area contributed by atoms with E-state index in [2.05, 4.69) is 34.6 Å². The van der Waals surface area contributed by atoms with Crippen LogP contribution in [0.2, 0.25) is 0 Å². The summed E-state index contributed by atoms with van der Waals surface area (Å²) in [5.74, 6) is 1.34. The molecule has 27 heavy (non-hydrogen) atoms. The first kappa shape index (κ1) is 24.1. The predicted molar refractivity (Wildman–Crippen MR) is 110 cm³/mol. The number of rotatable bonds is 5. The molecule has 3 aliphatic rings. The van der Waals surface area contributed by atoms with Crippen molar-refractivity contribution in [2.24, 2.45) is 11.8 Å². The summed E-state index contributed by atoms with van der Waals surface area (Å²) in [4.78, 5) is 14.1. The Morgan fingerprint density at radius 1 is 0.889 bits per heavy atom. The van der Waals surface area contributed by atoms with Gasteiger partial charge in [0.25, 0.3) is 5.09 Å². The number of nitrogens with zero attached hydrogens (tertiary/aromatic N) is 1. The molecule has 0 aromatic heterocycles. The minimum absolute atomic E-state index is 0.236. The van der Waals surface area contributed by atoms with Gasteiger partial charge in [0.1, 0.15) is 6.61 Å². The molecule has 0 aromatic rings. The van der Waals surface area contributed by atoms with Gasteiger partial charge >= 0.3 is 0 Å². The third kappa shape index (κ3) is 13.0. The van der Waals surface area contributed by atoms with Crippen molar-refractivity contribution in [1.82, 2.24) is 16.0 Å². The van der Waals surface area contributed by atoms with Gasteiger partial charge in [-0.25, -0.2) is 0 Å². The van der Waals surface area contributed by atoms with Crippen LogP contribution in [0.3, 0.4) is 0 Å². The standard InChI is InChI=1S/2C7H15N.C6H12N2O3/c1-2-7-3-5-8-6-4-7;1-2-7-5-3-4-6-8-7;9-8(10)11-5-6-2-1-3-7-4-6/h2*7-8H,2-6H2,1H3;6-7H,1-5H2. The molecule has 3 saturated heterocycles. The number of nitrogens with one attached hydrogen (secondary N) is 3. The highest BCUT2D eigenvalue weighted by molar-refractivity contribution is 4.69. The van der Waals surface area contributed by atoms with Crippen LogP contribution in [0.25, 0.3) is 0 Å². The molecule has 3 N–H and O–H groups in total. The molecule has 0 aromatic carbocycles. The summed E-state index contributed by atoms with van der Waals surface area (Å²) in [5, 5.41) is 19.1. The summed E-state index contributed by atoms with van der Waals surface area (Å²) in [6.07, 6.45) is 11.8. The molecule has 3 heterocycles. The van der Waals surface area contributed by atoms with Crippen molar-refractivity contribution in [3.63, 3.8) is 0 Å². The Balaban J connectivity index is 0.000000206. The summed E-state index contributed by atoms with van der Waals surface area (Å²) in [5.41, 5.74) is 0. The molecule has 2 unspecified atom stereocenters. The lowest BCUT2D eigenvalue weighted by molar-refractivity contribution is -0.759. The molecule has 160 valence electrons. The van der Waals surface area contributed by atoms with Crippen LogP contribution in [0, 0.1) is 22.0 Å². The zero-order chi connectivity index (χ0) is 19.7. The molecule has 7 nitrogen and oxygen atoms in total. The van der Waals surface area contributed by atoms with Crippen LogP contribution in [0.4, 0.5) is 0 Å². The van der Waals surface area contributed by atoms with Gasteiger partial charge in [-0.3, -0.25) is 0 Å². The average Bonchev–Trinajstić information content (AvgIpc) is 2.75. The minimum Gasteiger partial charge on any atom is -0.317 e. The average molecular weight is 387 g/mol. The Labute approximate surface area is 165 Å². The largest absolute Gasteiger partial charge is 0.317 e. The Bertz CT molecular complexity index is 335. The van der Waals surface area contributed by atoms with Crippen LogP contribution in [0.5, 0.6) is 0 Å². The molecule has 0 spiro atoms. The second kappa shape index (κ2) is 16.1. The zero-order valence-electron chi connectivity index (χ0n) is 17.5. The summed E-state index contributed by atoms with van der Waals surface area (Å²) in [7, 11) is 0. The molecule has 0 bridgehead atoms. The van der Waals surface area contributed by atoms with E-state index in [1.54, 1.807) is 0 Å². The van der Waals surface area contributed by atoms with Crippen LogP contribution in [-0.4, -0.2) is 50.5 Å². The third-order valence-electron chi connectivity index (χ3n) is 5.76. The molecule has 0 amide bonds. The molecule has 3 rings (SSSR count). The van der Waals surface area contributed by atoms with Gasteiger partial charge in [0.05, 0.1) is 0 Å². The molecule has 3 fully saturated rings. The lowest BCUT2D eigenvalue weighted by Crippen LogP contribution is -2.32. The van der Waals surface area contributed by atoms with Crippen LogP contribution in [0.1, 0.15) is 71.6 Å². The topological polar surface area (TPSA) is 88.5 Å². The van der Waals surface area contributed by atoms with Crippen molar-refractivity contribution in [2.45, 2.75) is 77.7 Å². The molecule has 3 aliphatic heterocycles. The Hall–Kier alpha value is -0.920. The van der Waals surface area contributed by atoms with Crippen molar-refractivity contribution in [2.75, 3.05) is 39.3 Å². The Morgan fingerprint density at radius 2 is 1.67 bits per heavy atom. The van der Waals surface area contributed by atoms with Crippen LogP contribution < -0.4 is 16.0 Å². The van der Waals surface area contributed by atoms with E-state index < -0.39 is 5.09 Å². The molecule has 2 atom stereocenters. The normalized spacial score (nSPS) is 26.0. The molecule has 7 heteroatoms. The Kier molecular flexibility index (Phi) is 14.4. The van der Waals surface area contributed by atoms with E-state index >= 15 is 0 Å². The van der Waals surface area contributed by atoms with Crippen LogP contribution in [0.15, 0.2) is 0 Å². The van der Waals surface area contributed by atoms with Crippen molar-refractivity contribution in [1.29, 1.82) is 0 Å². The summed E-state index contributed by atoms with van der Waals surface area (Å²) < 4.78 is 0. The maximum Gasteiger partial charge on any atom is 0.294 e. The van der Waals surface area contributed by atoms with Gasteiger partial charge in [-0.1, -0.05) is 26.7 Å². The highest BCUT2D eigenvalue weighted by atomic mass is 16.9. The van der Waals surface area contributed by atoms with Gasteiger partial charge in [0.15, 0.2) is 0 Å². The van der Waals surface area contributed by atoms with E-state index in [1.807, 2.05) is 0 Å². The lowest BCUT2D eigenvalue weighted by Gasteiger charge is -2.21. The van der Waals surface area contributed by atoms with Gasteiger partial charge in [0.2, 0.25) is 0 Å². The highest BCUT2D eigenvalue weighted by Crippen LogP contribution is 2.14. The van der Waals surface area contributed by atoms with E-state index in [1.165, 1.54) is 64.6 Å². The maximum atomic E-state index is 9.80. The molecular weight excluding hydrogens is 344 g/mol. The van der Waals surface area contributed by atoms with Gasteiger partial charge < -0.3 is 20.8 Å². The third-order valence-corrected chi connectivity index (χ3v) is 5.76. The molecule has 0 saturated carbocycles. The molecule has 0 radical (unpaired) electrons. The van der Waals surface area contributed by atoms with Crippen molar-refractivity contribution in [3.05, 3.63) is 10.1 Å². The van der Waals surface area contributed by atoms with Crippen molar-refractivity contribution < 1.29 is 9.92 Å². The summed E-state index contributed by atoms with van der Waals surface area (Å²) in [6, 6.07) is 0.837. The van der Waals surface area contributed by atoms with Gasteiger partial charge in [-0.15, -0.1) is 10.1 Å². The first-order valence-electron chi connectivity index (χ1n) is 11.1. The molecular formula is C20H42N4O3. The van der Waals surface area contributed by atoms with E-state index in [9.17, 15) is 10.1 Å². The van der Waals surface area contributed by atoms with E-state index in [0.717, 1.165) is 37.9 Å². The quantitative estimate of drug-likeness (QED) is 0.497. The number of hydrogen-bond acceptors (Lipinski definition) is 6. The van der Waals surface area contributed by atoms with E-state index in [0.29, 0.717) is 5.92 Å². The summed E-state index contributed by atoms with van der Waals surface area (Å²) in [6.45, 7) is 10.4. The predicted octanol–water partition coefficient (Wildman–Crippen LogP) is 3.13. The van der Waals surface area contributed by atoms with E-state index in [4.69, 9.17) is 0 Å². The fourth-order valence-corrected chi connectivity index (χ4v) is 3.79. The van der Waals surface area contributed by atoms with Crippen molar-refractivity contribution in [3.8, 4) is 0 Å². The fourth-order valence-electron chi connectivity index (χ4n) is 3.79. The van der Waals surface area contributed by atoms with Gasteiger partial charge in [0, 0.05) is 6.04 Å². The zero-order valence-corrected chi connectivity index (χ0v) is 17.5. The monoisotopic (exact) mass is 386 g/mol. The first-order valence-corrected chi connectivity index (χ1v) is 11.1. The highest BCUT2D eigenvalue weighted by Gasteiger charge is 2.14.